The summed E-state index contributed by atoms with van der Waals surface area (Å²) >= 11 is 0. The molecule has 2 aromatic carbocycles. The Hall–Kier alpha value is -1.80. The molecule has 0 amide bonds. The highest BCUT2D eigenvalue weighted by molar-refractivity contribution is 5.70. The molecule has 0 spiro atoms. The monoisotopic (exact) mass is 240 g/mol. The van der Waals surface area contributed by atoms with Crippen molar-refractivity contribution in [2.45, 2.75) is 13.5 Å². The molecule has 2 nitrogen and oxygen atoms in total. The van der Waals surface area contributed by atoms with Crippen LogP contribution in [0.2, 0.25) is 0 Å². The molecule has 2 N–H and O–H groups in total. The molecule has 0 aliphatic rings. The first-order valence-corrected chi connectivity index (χ1v) is 6.16. The van der Waals surface area contributed by atoms with E-state index in [-0.39, 0.29) is 0 Å². The molecule has 0 bridgehead atoms. The molecule has 2 heteroatoms. The number of rotatable bonds is 3. The van der Waals surface area contributed by atoms with Crippen molar-refractivity contribution in [3.05, 3.63) is 53.6 Å². The number of anilines is 1. The van der Waals surface area contributed by atoms with Gasteiger partial charge in [0.2, 0.25) is 0 Å². The first-order chi connectivity index (χ1) is 8.56. The van der Waals surface area contributed by atoms with E-state index in [1.54, 1.807) is 0 Å². The summed E-state index contributed by atoms with van der Waals surface area (Å²) in [5, 5.41) is 0. The molecule has 0 aliphatic carbocycles. The Bertz CT molecular complexity index is 527. The fraction of sp³-hybridized carbons (Fsp3) is 0.250. The maximum atomic E-state index is 5.85. The zero-order valence-electron chi connectivity index (χ0n) is 11.3. The summed E-state index contributed by atoms with van der Waals surface area (Å²) in [5.74, 6) is 0. The summed E-state index contributed by atoms with van der Waals surface area (Å²) in [5.41, 5.74) is 11.7. The number of benzene rings is 2. The highest BCUT2D eigenvalue weighted by atomic mass is 15.0. The van der Waals surface area contributed by atoms with Gasteiger partial charge in [0.05, 0.1) is 0 Å². The van der Waals surface area contributed by atoms with Crippen LogP contribution >= 0.6 is 0 Å². The number of nitrogens with two attached hydrogens (primary N) is 1. The molecule has 0 aromatic heterocycles. The Kier molecular flexibility index (Phi) is 3.68. The highest BCUT2D eigenvalue weighted by Gasteiger charge is 2.03. The average molecular weight is 240 g/mol. The quantitative estimate of drug-likeness (QED) is 0.834. The molecule has 2 aromatic rings. The molecule has 94 valence electrons. The first-order valence-electron chi connectivity index (χ1n) is 6.16. The minimum atomic E-state index is 0.813. The van der Waals surface area contributed by atoms with Crippen molar-refractivity contribution in [3.63, 3.8) is 0 Å². The normalized spacial score (nSPS) is 10.9. The number of hydrogen-bond donors (Lipinski definition) is 1. The van der Waals surface area contributed by atoms with Gasteiger partial charge in [0.15, 0.2) is 0 Å². The minimum absolute atomic E-state index is 0.813. The van der Waals surface area contributed by atoms with Gasteiger partial charge in [-0.2, -0.15) is 0 Å². The number of nitrogens with zero attached hydrogens (tertiary/aromatic N) is 1. The van der Waals surface area contributed by atoms with Gasteiger partial charge in [-0.05, 0) is 55.4 Å². The maximum absolute atomic E-state index is 5.85. The fourth-order valence-electron chi connectivity index (χ4n) is 2.11. The van der Waals surface area contributed by atoms with E-state index in [2.05, 4.69) is 56.3 Å². The predicted octanol–water partition coefficient (Wildman–Crippen LogP) is 3.31. The topological polar surface area (TPSA) is 29.3 Å². The number of hydrogen-bond acceptors (Lipinski definition) is 2. The van der Waals surface area contributed by atoms with E-state index in [4.69, 9.17) is 5.73 Å². The lowest BCUT2D eigenvalue weighted by Crippen LogP contribution is -2.10. The van der Waals surface area contributed by atoms with Gasteiger partial charge in [-0.3, -0.25) is 0 Å². The van der Waals surface area contributed by atoms with Crippen molar-refractivity contribution < 1.29 is 0 Å². The Morgan fingerprint density at radius 3 is 2.28 bits per heavy atom. The lowest BCUT2D eigenvalue weighted by Gasteiger charge is -2.11. The van der Waals surface area contributed by atoms with Crippen LogP contribution in [0.25, 0.3) is 11.1 Å². The Balaban J connectivity index is 2.31. The van der Waals surface area contributed by atoms with Crippen LogP contribution in [-0.4, -0.2) is 19.0 Å². The van der Waals surface area contributed by atoms with E-state index in [1.165, 1.54) is 22.3 Å². The molecular formula is C16H20N2. The van der Waals surface area contributed by atoms with E-state index in [0.29, 0.717) is 0 Å². The summed E-state index contributed by atoms with van der Waals surface area (Å²) < 4.78 is 0. The van der Waals surface area contributed by atoms with Gasteiger partial charge in [-0.1, -0.05) is 30.3 Å². The average Bonchev–Trinajstić information content (AvgIpc) is 2.33. The van der Waals surface area contributed by atoms with Crippen molar-refractivity contribution in [1.82, 2.24) is 4.90 Å². The van der Waals surface area contributed by atoms with Gasteiger partial charge >= 0.3 is 0 Å². The highest BCUT2D eigenvalue weighted by Crippen LogP contribution is 2.25. The molecule has 0 radical (unpaired) electrons. The van der Waals surface area contributed by atoms with Crippen molar-refractivity contribution in [3.8, 4) is 11.1 Å². The van der Waals surface area contributed by atoms with Gasteiger partial charge in [0.25, 0.3) is 0 Å². The molecule has 0 aliphatic heterocycles. The predicted molar refractivity (Wildman–Crippen MR) is 78.4 cm³/mol. The van der Waals surface area contributed by atoms with Gasteiger partial charge in [-0.25, -0.2) is 0 Å². The second-order valence-corrected chi connectivity index (χ2v) is 5.01. The molecule has 0 unspecified atom stereocenters. The maximum Gasteiger partial charge on any atom is 0.0320 e. The van der Waals surface area contributed by atoms with Crippen LogP contribution in [0.5, 0.6) is 0 Å². The van der Waals surface area contributed by atoms with Crippen molar-refractivity contribution in [2.75, 3.05) is 19.8 Å². The third-order valence-corrected chi connectivity index (χ3v) is 3.03. The SMILES string of the molecule is Cc1ccc(N)cc1-c1ccc(CN(C)C)cc1. The number of aryl methyl sites for hydroxylation is 1. The summed E-state index contributed by atoms with van der Waals surface area (Å²) in [4.78, 5) is 2.17. The van der Waals surface area contributed by atoms with E-state index in [9.17, 15) is 0 Å². The van der Waals surface area contributed by atoms with Crippen molar-refractivity contribution >= 4 is 5.69 Å². The third-order valence-electron chi connectivity index (χ3n) is 3.03. The van der Waals surface area contributed by atoms with Crippen LogP contribution in [0, 0.1) is 6.92 Å². The van der Waals surface area contributed by atoms with Crippen LogP contribution in [0.4, 0.5) is 5.69 Å². The Labute approximate surface area is 109 Å². The number of nitrogen functional groups attached to an aromatic ring is 1. The second kappa shape index (κ2) is 5.23. The third kappa shape index (κ3) is 2.90. The summed E-state index contributed by atoms with van der Waals surface area (Å²) in [6.45, 7) is 3.08. The molecule has 0 fully saturated rings. The van der Waals surface area contributed by atoms with Crippen LogP contribution in [0.1, 0.15) is 11.1 Å². The second-order valence-electron chi connectivity index (χ2n) is 5.01. The van der Waals surface area contributed by atoms with Gasteiger partial charge in [0.1, 0.15) is 0 Å². The lowest BCUT2D eigenvalue weighted by atomic mass is 9.99. The largest absolute Gasteiger partial charge is 0.399 e. The van der Waals surface area contributed by atoms with Crippen molar-refractivity contribution in [2.24, 2.45) is 0 Å². The minimum Gasteiger partial charge on any atom is -0.399 e. The van der Waals surface area contributed by atoms with E-state index < -0.39 is 0 Å². The smallest absolute Gasteiger partial charge is 0.0320 e. The molecule has 0 saturated carbocycles. The molecule has 0 heterocycles. The summed E-state index contributed by atoms with van der Waals surface area (Å²) in [6.07, 6.45) is 0. The fourth-order valence-corrected chi connectivity index (χ4v) is 2.11. The van der Waals surface area contributed by atoms with Crippen molar-refractivity contribution in [1.29, 1.82) is 0 Å². The van der Waals surface area contributed by atoms with E-state index in [1.807, 2.05) is 12.1 Å². The van der Waals surface area contributed by atoms with Gasteiger partial charge in [-0.15, -0.1) is 0 Å². The van der Waals surface area contributed by atoms with E-state index in [0.717, 1.165) is 12.2 Å². The van der Waals surface area contributed by atoms with E-state index >= 15 is 0 Å². The van der Waals surface area contributed by atoms with Crippen LogP contribution in [0.15, 0.2) is 42.5 Å². The molecule has 0 atom stereocenters. The van der Waals surface area contributed by atoms with Crippen LogP contribution < -0.4 is 5.73 Å². The summed E-state index contributed by atoms with van der Waals surface area (Å²) in [6, 6.07) is 14.7. The lowest BCUT2D eigenvalue weighted by molar-refractivity contribution is 0.402. The standard InChI is InChI=1S/C16H20N2/c1-12-4-9-15(17)10-16(12)14-7-5-13(6-8-14)11-18(2)3/h4-10H,11,17H2,1-3H3. The zero-order valence-corrected chi connectivity index (χ0v) is 11.3. The first kappa shape index (κ1) is 12.7. The zero-order chi connectivity index (χ0) is 13.1. The van der Waals surface area contributed by atoms with Crippen LogP contribution in [0.3, 0.4) is 0 Å². The van der Waals surface area contributed by atoms with Gasteiger partial charge < -0.3 is 10.6 Å². The molecular weight excluding hydrogens is 220 g/mol. The van der Waals surface area contributed by atoms with Crippen LogP contribution in [-0.2, 0) is 6.54 Å². The van der Waals surface area contributed by atoms with Gasteiger partial charge in [0, 0.05) is 12.2 Å². The molecule has 0 saturated heterocycles. The molecule has 2 rings (SSSR count). The Morgan fingerprint density at radius 1 is 1.00 bits per heavy atom. The Morgan fingerprint density at radius 2 is 1.67 bits per heavy atom. The molecule has 18 heavy (non-hydrogen) atoms. The summed E-state index contributed by atoms with van der Waals surface area (Å²) in [7, 11) is 4.16.